The van der Waals surface area contributed by atoms with Crippen LogP contribution in [0.2, 0.25) is 0 Å². The van der Waals surface area contributed by atoms with Crippen molar-refractivity contribution in [1.82, 2.24) is 0 Å². The zero-order valence-electron chi connectivity index (χ0n) is 15.9. The van der Waals surface area contributed by atoms with Crippen LogP contribution >= 0.6 is 0 Å². The van der Waals surface area contributed by atoms with E-state index in [1.807, 2.05) is 18.2 Å². The summed E-state index contributed by atoms with van der Waals surface area (Å²) >= 11 is 0. The number of carbonyl (C=O) groups is 2. The first-order valence-electron chi connectivity index (χ1n) is 9.27. The number of halogens is 1. The molecule has 1 atom stereocenters. The zero-order chi connectivity index (χ0) is 21.1. The summed E-state index contributed by atoms with van der Waals surface area (Å²) in [5.41, 5.74) is 1.85. The summed E-state index contributed by atoms with van der Waals surface area (Å²) < 4.78 is 19.9. The molecular weight excluding hydrogens is 385 g/mol. The maximum absolute atomic E-state index is 14.6. The van der Waals surface area contributed by atoms with E-state index in [4.69, 9.17) is 10.6 Å². The number of nitrogens with two attached hydrogens (primary N) is 1. The third kappa shape index (κ3) is 3.70. The number of fused-ring (bicyclic) bond motifs is 1. The first-order chi connectivity index (χ1) is 14.6. The third-order valence-electron chi connectivity index (χ3n) is 4.72. The van der Waals surface area contributed by atoms with Crippen LogP contribution in [0.25, 0.3) is 0 Å². The Morgan fingerprint density at radius 3 is 2.33 bits per heavy atom. The van der Waals surface area contributed by atoms with Gasteiger partial charge in [-0.1, -0.05) is 60.7 Å². The number of amides is 1. The van der Waals surface area contributed by atoms with Crippen molar-refractivity contribution >= 4 is 23.3 Å². The van der Waals surface area contributed by atoms with Gasteiger partial charge in [0.2, 0.25) is 6.04 Å². The number of hydrogen-bond donors (Lipinski definition) is 1. The van der Waals surface area contributed by atoms with Gasteiger partial charge in [0.1, 0.15) is 12.4 Å². The molecule has 0 spiro atoms. The van der Waals surface area contributed by atoms with E-state index in [0.717, 1.165) is 10.6 Å². The second-order valence-corrected chi connectivity index (χ2v) is 6.68. The van der Waals surface area contributed by atoms with E-state index in [2.05, 4.69) is 4.99 Å². The summed E-state index contributed by atoms with van der Waals surface area (Å²) in [4.78, 5) is 30.0. The van der Waals surface area contributed by atoms with Gasteiger partial charge < -0.3 is 4.74 Å². The van der Waals surface area contributed by atoms with Gasteiger partial charge in [0, 0.05) is 11.1 Å². The lowest BCUT2D eigenvalue weighted by Gasteiger charge is -2.19. The number of anilines is 1. The summed E-state index contributed by atoms with van der Waals surface area (Å²) in [6, 6.07) is 20.2. The lowest BCUT2D eigenvalue weighted by atomic mass is 10.00. The van der Waals surface area contributed by atoms with Crippen molar-refractivity contribution in [3.05, 3.63) is 101 Å². The minimum atomic E-state index is -1.55. The Morgan fingerprint density at radius 1 is 0.967 bits per heavy atom. The van der Waals surface area contributed by atoms with E-state index in [9.17, 15) is 14.0 Å². The van der Waals surface area contributed by atoms with Gasteiger partial charge in [-0.25, -0.2) is 20.0 Å². The predicted molar refractivity (Wildman–Crippen MR) is 110 cm³/mol. The highest BCUT2D eigenvalue weighted by Gasteiger charge is 2.36. The molecule has 150 valence electrons. The second kappa shape index (κ2) is 8.26. The molecule has 3 aromatic carbocycles. The highest BCUT2D eigenvalue weighted by molar-refractivity contribution is 6.23. The first-order valence-corrected chi connectivity index (χ1v) is 9.27. The van der Waals surface area contributed by atoms with E-state index >= 15 is 0 Å². The summed E-state index contributed by atoms with van der Waals surface area (Å²) in [6.45, 7) is -0.0223. The molecule has 6 nitrogen and oxygen atoms in total. The van der Waals surface area contributed by atoms with Crippen LogP contribution in [0.15, 0.2) is 83.9 Å². The largest absolute Gasteiger partial charge is 0.459 e. The quantitative estimate of drug-likeness (QED) is 0.314. The Morgan fingerprint density at radius 2 is 1.60 bits per heavy atom. The summed E-state index contributed by atoms with van der Waals surface area (Å²) in [6.07, 6.45) is 0. The molecule has 0 radical (unpaired) electrons. The van der Waals surface area contributed by atoms with Crippen LogP contribution in [-0.4, -0.2) is 23.6 Å². The van der Waals surface area contributed by atoms with Crippen molar-refractivity contribution in [3.63, 3.8) is 0 Å². The van der Waals surface area contributed by atoms with Gasteiger partial charge in [0.15, 0.2) is 0 Å². The molecule has 0 saturated carbocycles. The number of nitrogens with zero attached hydrogens (tertiary/aromatic N) is 2. The van der Waals surface area contributed by atoms with Gasteiger partial charge in [-0.15, -0.1) is 0 Å². The normalized spacial score (nSPS) is 15.8. The molecule has 0 fully saturated rings. The second-order valence-electron chi connectivity index (χ2n) is 6.68. The van der Waals surface area contributed by atoms with Crippen molar-refractivity contribution in [2.45, 2.75) is 12.6 Å². The Bertz CT molecular complexity index is 1130. The number of benzodiazepines with no additional fused rings is 1. The maximum atomic E-state index is 14.6. The molecule has 0 bridgehead atoms. The van der Waals surface area contributed by atoms with Crippen LogP contribution < -0.4 is 10.9 Å². The molecule has 1 aliphatic heterocycles. The van der Waals surface area contributed by atoms with E-state index in [-0.39, 0.29) is 17.9 Å². The van der Waals surface area contributed by atoms with E-state index in [1.54, 1.807) is 48.5 Å². The Balaban J connectivity index is 1.75. The number of aliphatic imine (C=N–C) groups is 1. The fourth-order valence-corrected chi connectivity index (χ4v) is 3.22. The fraction of sp³-hybridized carbons (Fsp3) is 0.0870. The highest BCUT2D eigenvalue weighted by atomic mass is 19.1. The Labute approximate surface area is 172 Å². The van der Waals surface area contributed by atoms with Gasteiger partial charge in [-0.3, -0.25) is 9.79 Å². The number of hydrogen-bond acceptors (Lipinski definition) is 5. The molecule has 7 heteroatoms. The van der Waals surface area contributed by atoms with Gasteiger partial charge in [-0.05, 0) is 23.8 Å². The number of rotatable bonds is 4. The monoisotopic (exact) mass is 403 g/mol. The summed E-state index contributed by atoms with van der Waals surface area (Å²) in [5, 5.41) is 0.862. The average Bonchev–Trinajstić information content (AvgIpc) is 2.89. The van der Waals surface area contributed by atoms with Crippen LogP contribution in [0.1, 0.15) is 16.7 Å². The van der Waals surface area contributed by atoms with Crippen LogP contribution in [0.5, 0.6) is 0 Å². The first kappa shape index (κ1) is 19.5. The number of esters is 1. The SMILES string of the molecule is NN1C(=O)C(C(=O)OCc2ccccc2)N=C(c2ccccc2F)c2ccccc21. The van der Waals surface area contributed by atoms with E-state index < -0.39 is 23.7 Å². The van der Waals surface area contributed by atoms with Gasteiger partial charge in [-0.2, -0.15) is 0 Å². The zero-order valence-corrected chi connectivity index (χ0v) is 15.9. The number of carbonyl (C=O) groups excluding carboxylic acids is 2. The third-order valence-corrected chi connectivity index (χ3v) is 4.72. The fourth-order valence-electron chi connectivity index (χ4n) is 3.22. The van der Waals surface area contributed by atoms with E-state index in [1.165, 1.54) is 12.1 Å². The molecule has 3 aromatic rings. The lowest BCUT2D eigenvalue weighted by molar-refractivity contribution is -0.149. The Kier molecular flexibility index (Phi) is 5.36. The van der Waals surface area contributed by atoms with Crippen LogP contribution in [0.4, 0.5) is 10.1 Å². The van der Waals surface area contributed by atoms with Gasteiger partial charge in [0.05, 0.1) is 11.4 Å². The molecular formula is C23H18FN3O3. The van der Waals surface area contributed by atoms with Crippen LogP contribution in [0.3, 0.4) is 0 Å². The predicted octanol–water partition coefficient (Wildman–Crippen LogP) is 3.00. The smallest absolute Gasteiger partial charge is 0.341 e. The highest BCUT2D eigenvalue weighted by Crippen LogP contribution is 2.28. The van der Waals surface area contributed by atoms with Crippen molar-refractivity contribution < 1.29 is 18.7 Å². The molecule has 30 heavy (non-hydrogen) atoms. The van der Waals surface area contributed by atoms with Crippen molar-refractivity contribution in [1.29, 1.82) is 0 Å². The summed E-state index contributed by atoms with van der Waals surface area (Å²) in [7, 11) is 0. The summed E-state index contributed by atoms with van der Waals surface area (Å²) in [5.74, 6) is 3.87. The lowest BCUT2D eigenvalue weighted by Crippen LogP contribution is -2.46. The molecule has 0 aliphatic carbocycles. The minimum absolute atomic E-state index is 0.0223. The average molecular weight is 403 g/mol. The Hall–Kier alpha value is -3.84. The standard InChI is InChI=1S/C23H18FN3O3/c24-18-12-6-4-10-16(18)20-17-11-5-7-13-19(17)27(25)22(28)21(26-20)23(29)30-14-15-8-2-1-3-9-15/h1-13,21H,14,25H2. The maximum Gasteiger partial charge on any atom is 0.341 e. The molecule has 1 amide bonds. The van der Waals surface area contributed by atoms with Gasteiger partial charge >= 0.3 is 5.97 Å². The topological polar surface area (TPSA) is 85.0 Å². The van der Waals surface area contributed by atoms with Crippen molar-refractivity contribution in [2.24, 2.45) is 10.8 Å². The van der Waals surface area contributed by atoms with Crippen LogP contribution in [-0.2, 0) is 20.9 Å². The molecule has 0 saturated heterocycles. The number of para-hydroxylation sites is 1. The molecule has 2 N–H and O–H groups in total. The number of benzene rings is 3. The van der Waals surface area contributed by atoms with Gasteiger partial charge in [0.25, 0.3) is 5.91 Å². The van der Waals surface area contributed by atoms with Crippen molar-refractivity contribution in [3.8, 4) is 0 Å². The molecule has 4 rings (SSSR count). The molecule has 1 aliphatic rings. The number of ether oxygens (including phenoxy) is 1. The van der Waals surface area contributed by atoms with Crippen LogP contribution in [0, 0.1) is 5.82 Å². The molecule has 1 heterocycles. The van der Waals surface area contributed by atoms with Crippen molar-refractivity contribution in [2.75, 3.05) is 5.01 Å². The minimum Gasteiger partial charge on any atom is -0.459 e. The van der Waals surface area contributed by atoms with E-state index in [0.29, 0.717) is 11.3 Å². The molecule has 1 unspecified atom stereocenters. The number of hydrazine groups is 1. The molecule has 0 aromatic heterocycles.